The van der Waals surface area contributed by atoms with Crippen molar-refractivity contribution in [3.63, 3.8) is 0 Å². The molecule has 1 aromatic carbocycles. The van der Waals surface area contributed by atoms with Gasteiger partial charge in [-0.2, -0.15) is 0 Å². The van der Waals surface area contributed by atoms with Crippen molar-refractivity contribution in [2.45, 2.75) is 71.6 Å². The first-order chi connectivity index (χ1) is 12.7. The number of para-hydroxylation sites is 1. The van der Waals surface area contributed by atoms with Gasteiger partial charge in [0.2, 0.25) is 5.79 Å². The molecule has 0 radical (unpaired) electrons. The van der Waals surface area contributed by atoms with Crippen LogP contribution in [0.5, 0.6) is 5.75 Å². The molecule has 3 fully saturated rings. The molecule has 1 aromatic rings. The molecule has 1 aliphatic heterocycles. The molecular formula is C22H30O5. The van der Waals surface area contributed by atoms with Gasteiger partial charge in [-0.3, -0.25) is 0 Å². The van der Waals surface area contributed by atoms with E-state index in [1.165, 1.54) is 0 Å². The van der Waals surface area contributed by atoms with Crippen LogP contribution < -0.4 is 4.74 Å². The highest BCUT2D eigenvalue weighted by molar-refractivity contribution is 5.71. The molecule has 1 saturated heterocycles. The van der Waals surface area contributed by atoms with Crippen LogP contribution in [0.2, 0.25) is 0 Å². The van der Waals surface area contributed by atoms with Crippen LogP contribution in [-0.2, 0) is 19.0 Å². The SMILES string of the molecule is C[C@@H]1OC2(O[C@@H]1C)[C@H]1CC[C@@](C)([C@@H]2OC(=O)COc2ccccc2)C1(C)C. The molecule has 5 heteroatoms. The third-order valence-electron chi connectivity index (χ3n) is 7.48. The lowest BCUT2D eigenvalue weighted by molar-refractivity contribution is -0.271. The van der Waals surface area contributed by atoms with E-state index >= 15 is 0 Å². The van der Waals surface area contributed by atoms with Gasteiger partial charge in [0.15, 0.2) is 12.7 Å². The summed E-state index contributed by atoms with van der Waals surface area (Å²) < 4.78 is 24.4. The number of hydrogen-bond acceptors (Lipinski definition) is 5. The highest BCUT2D eigenvalue weighted by Gasteiger charge is 2.78. The van der Waals surface area contributed by atoms with E-state index in [-0.39, 0.29) is 41.5 Å². The van der Waals surface area contributed by atoms with Gasteiger partial charge in [-0.05, 0) is 44.2 Å². The maximum Gasteiger partial charge on any atom is 0.344 e. The number of rotatable bonds is 4. The molecule has 2 bridgehead atoms. The zero-order valence-corrected chi connectivity index (χ0v) is 16.9. The molecule has 2 saturated carbocycles. The second kappa shape index (κ2) is 6.21. The zero-order valence-electron chi connectivity index (χ0n) is 16.9. The standard InChI is InChI=1S/C22H30O5/c1-14-15(2)27-22(26-14)17-11-12-21(5,20(17,3)4)19(22)25-18(23)13-24-16-9-7-6-8-10-16/h6-10,14-15,17,19H,11-13H2,1-5H3/t14-,15+,17-,19-,21-,22?/m0/s1. The minimum Gasteiger partial charge on any atom is -0.482 e. The average Bonchev–Trinajstić information content (AvgIpc) is 3.09. The van der Waals surface area contributed by atoms with E-state index in [1.54, 1.807) is 0 Å². The van der Waals surface area contributed by atoms with Crippen molar-refractivity contribution in [1.82, 2.24) is 0 Å². The van der Waals surface area contributed by atoms with Crippen LogP contribution in [-0.4, -0.2) is 36.7 Å². The predicted molar refractivity (Wildman–Crippen MR) is 100 cm³/mol. The van der Waals surface area contributed by atoms with E-state index in [1.807, 2.05) is 44.2 Å². The van der Waals surface area contributed by atoms with Crippen molar-refractivity contribution < 1.29 is 23.7 Å². The van der Waals surface area contributed by atoms with Gasteiger partial charge in [-0.25, -0.2) is 4.79 Å². The molecule has 27 heavy (non-hydrogen) atoms. The van der Waals surface area contributed by atoms with Crippen LogP contribution >= 0.6 is 0 Å². The monoisotopic (exact) mass is 374 g/mol. The predicted octanol–water partition coefficient (Wildman–Crippen LogP) is 3.95. The largest absolute Gasteiger partial charge is 0.482 e. The van der Waals surface area contributed by atoms with Crippen molar-refractivity contribution in [2.24, 2.45) is 16.7 Å². The summed E-state index contributed by atoms with van der Waals surface area (Å²) in [4.78, 5) is 12.6. The Hall–Kier alpha value is -1.59. The van der Waals surface area contributed by atoms with Crippen molar-refractivity contribution >= 4 is 5.97 Å². The summed E-state index contributed by atoms with van der Waals surface area (Å²) in [6.07, 6.45) is 1.55. The highest BCUT2D eigenvalue weighted by atomic mass is 16.8. The van der Waals surface area contributed by atoms with E-state index in [0.29, 0.717) is 5.75 Å². The molecule has 1 spiro atoms. The number of carbonyl (C=O) groups is 1. The normalized spacial score (nSPS) is 41.8. The van der Waals surface area contributed by atoms with E-state index in [4.69, 9.17) is 18.9 Å². The third-order valence-corrected chi connectivity index (χ3v) is 7.48. The quantitative estimate of drug-likeness (QED) is 0.747. The number of esters is 1. The van der Waals surface area contributed by atoms with E-state index in [2.05, 4.69) is 20.8 Å². The molecule has 5 nitrogen and oxygen atoms in total. The smallest absolute Gasteiger partial charge is 0.344 e. The van der Waals surface area contributed by atoms with Crippen LogP contribution in [0, 0.1) is 16.7 Å². The molecule has 0 N–H and O–H groups in total. The molecule has 3 aliphatic rings. The van der Waals surface area contributed by atoms with Gasteiger partial charge in [-0.1, -0.05) is 39.0 Å². The number of ether oxygens (including phenoxy) is 4. The van der Waals surface area contributed by atoms with Crippen LogP contribution in [0.4, 0.5) is 0 Å². The molecule has 0 amide bonds. The van der Waals surface area contributed by atoms with Crippen molar-refractivity contribution in [1.29, 1.82) is 0 Å². The Kier molecular flexibility index (Phi) is 4.32. The lowest BCUT2D eigenvalue weighted by Gasteiger charge is -2.42. The van der Waals surface area contributed by atoms with Crippen LogP contribution in [0.3, 0.4) is 0 Å². The first kappa shape index (κ1) is 18.8. The van der Waals surface area contributed by atoms with E-state index in [9.17, 15) is 4.79 Å². The third kappa shape index (κ3) is 2.62. The fraction of sp³-hybridized carbons (Fsp3) is 0.682. The summed E-state index contributed by atoms with van der Waals surface area (Å²) in [5.41, 5.74) is -0.230. The summed E-state index contributed by atoms with van der Waals surface area (Å²) in [6.45, 7) is 10.6. The Balaban J connectivity index is 1.55. The summed E-state index contributed by atoms with van der Waals surface area (Å²) in [5.74, 6) is -0.376. The number of hydrogen-bond donors (Lipinski definition) is 0. The first-order valence-electron chi connectivity index (χ1n) is 9.94. The molecular weight excluding hydrogens is 344 g/mol. The van der Waals surface area contributed by atoms with Crippen LogP contribution in [0.25, 0.3) is 0 Å². The van der Waals surface area contributed by atoms with E-state index in [0.717, 1.165) is 12.8 Å². The number of fused-ring (bicyclic) bond motifs is 3. The van der Waals surface area contributed by atoms with Gasteiger partial charge in [0.1, 0.15) is 5.75 Å². The molecule has 148 valence electrons. The van der Waals surface area contributed by atoms with Gasteiger partial charge in [0, 0.05) is 11.3 Å². The number of benzene rings is 1. The topological polar surface area (TPSA) is 54.0 Å². The second-order valence-electron chi connectivity index (χ2n) is 9.07. The van der Waals surface area contributed by atoms with E-state index < -0.39 is 11.9 Å². The summed E-state index contributed by atoms with van der Waals surface area (Å²) in [7, 11) is 0. The zero-order chi connectivity index (χ0) is 19.4. The van der Waals surface area contributed by atoms with Crippen LogP contribution in [0.15, 0.2) is 30.3 Å². The fourth-order valence-corrected chi connectivity index (χ4v) is 5.45. The summed E-state index contributed by atoms with van der Waals surface area (Å²) in [6, 6.07) is 9.30. The number of carbonyl (C=O) groups excluding carboxylic acids is 1. The lowest BCUT2D eigenvalue weighted by atomic mass is 9.70. The summed E-state index contributed by atoms with van der Waals surface area (Å²) in [5, 5.41) is 0. The van der Waals surface area contributed by atoms with Crippen LogP contribution in [0.1, 0.15) is 47.5 Å². The minimum atomic E-state index is -0.849. The van der Waals surface area contributed by atoms with Gasteiger partial charge in [0.05, 0.1) is 12.2 Å². The van der Waals surface area contributed by atoms with Gasteiger partial charge < -0.3 is 18.9 Å². The molecule has 1 heterocycles. The Morgan fingerprint density at radius 2 is 1.74 bits per heavy atom. The molecule has 2 aliphatic carbocycles. The van der Waals surface area contributed by atoms with Gasteiger partial charge in [-0.15, -0.1) is 0 Å². The Morgan fingerprint density at radius 1 is 1.11 bits per heavy atom. The first-order valence-corrected chi connectivity index (χ1v) is 9.94. The molecule has 4 rings (SSSR count). The Morgan fingerprint density at radius 3 is 2.37 bits per heavy atom. The maximum atomic E-state index is 12.6. The lowest BCUT2D eigenvalue weighted by Crippen LogP contribution is -2.54. The minimum absolute atomic E-state index is 0.0227. The molecule has 6 atom stereocenters. The van der Waals surface area contributed by atoms with Crippen molar-refractivity contribution in [2.75, 3.05) is 6.61 Å². The summed E-state index contributed by atoms with van der Waals surface area (Å²) >= 11 is 0. The van der Waals surface area contributed by atoms with Gasteiger partial charge in [0.25, 0.3) is 0 Å². The fourth-order valence-electron chi connectivity index (χ4n) is 5.45. The highest BCUT2D eigenvalue weighted by Crippen LogP contribution is 2.72. The van der Waals surface area contributed by atoms with Crippen molar-refractivity contribution in [3.05, 3.63) is 30.3 Å². The maximum absolute atomic E-state index is 12.6. The van der Waals surface area contributed by atoms with Gasteiger partial charge >= 0.3 is 5.97 Å². The Bertz CT molecular complexity index is 705. The molecule has 0 aromatic heterocycles. The molecule has 1 unspecified atom stereocenters. The average molecular weight is 374 g/mol. The second-order valence-corrected chi connectivity index (χ2v) is 9.07. The Labute approximate surface area is 161 Å². The van der Waals surface area contributed by atoms with Crippen molar-refractivity contribution in [3.8, 4) is 5.75 Å².